The number of hydrogen-bond acceptors (Lipinski definition) is 3. The van der Waals surface area contributed by atoms with Gasteiger partial charge in [-0.15, -0.1) is 0 Å². The molecule has 2 N–H and O–H groups in total. The minimum atomic E-state index is -0.414. The minimum absolute atomic E-state index is 0.0107. The molecule has 0 radical (unpaired) electrons. The Kier molecular flexibility index (Phi) is 3.22. The van der Waals surface area contributed by atoms with Crippen molar-refractivity contribution in [3.63, 3.8) is 0 Å². The topological polar surface area (TPSA) is 55.6 Å². The van der Waals surface area contributed by atoms with E-state index in [9.17, 15) is 4.79 Å². The molecule has 4 nitrogen and oxygen atoms in total. The van der Waals surface area contributed by atoms with E-state index in [0.29, 0.717) is 5.69 Å². The lowest BCUT2D eigenvalue weighted by atomic mass is 10.1. The van der Waals surface area contributed by atoms with Crippen molar-refractivity contribution < 1.29 is 9.53 Å². The molecule has 0 bridgehead atoms. The Morgan fingerprint density at radius 1 is 1.47 bits per heavy atom. The molecule has 1 aliphatic rings. The van der Waals surface area contributed by atoms with E-state index in [1.807, 2.05) is 6.07 Å². The first-order valence-corrected chi connectivity index (χ1v) is 6.01. The molecule has 1 unspecified atom stereocenters. The smallest absolute Gasteiger partial charge is 0.267 e. The molecule has 1 aromatic carbocycles. The Morgan fingerprint density at radius 3 is 2.94 bits per heavy atom. The Morgan fingerprint density at radius 2 is 2.24 bits per heavy atom. The van der Waals surface area contributed by atoms with Crippen LogP contribution in [0.2, 0.25) is 0 Å². The lowest BCUT2D eigenvalue weighted by Crippen LogP contribution is -2.44. The highest BCUT2D eigenvalue weighted by atomic mass is 16.5. The second-order valence-corrected chi connectivity index (χ2v) is 4.33. The summed E-state index contributed by atoms with van der Waals surface area (Å²) in [7, 11) is 0. The maximum atomic E-state index is 12.1. The molecule has 0 fully saturated rings. The fourth-order valence-corrected chi connectivity index (χ4v) is 1.97. The van der Waals surface area contributed by atoms with Gasteiger partial charge in [-0.25, -0.2) is 0 Å². The summed E-state index contributed by atoms with van der Waals surface area (Å²) in [6, 6.07) is 5.42. The largest absolute Gasteiger partial charge is 0.479 e. The van der Waals surface area contributed by atoms with Crippen LogP contribution >= 0.6 is 0 Å². The molecule has 1 aromatic rings. The summed E-state index contributed by atoms with van der Waals surface area (Å²) in [5, 5.41) is 0. The summed E-state index contributed by atoms with van der Waals surface area (Å²) in [6.45, 7) is 4.61. The van der Waals surface area contributed by atoms with Crippen LogP contribution in [0, 0.1) is 0 Å². The lowest BCUT2D eigenvalue weighted by molar-refractivity contribution is -0.125. The third-order valence-electron chi connectivity index (χ3n) is 2.93. The normalized spacial score (nSPS) is 18.8. The van der Waals surface area contributed by atoms with Crippen molar-refractivity contribution in [3.8, 4) is 5.75 Å². The van der Waals surface area contributed by atoms with Crippen LogP contribution in [0.15, 0.2) is 18.2 Å². The van der Waals surface area contributed by atoms with Crippen molar-refractivity contribution in [3.05, 3.63) is 18.2 Å². The third-order valence-corrected chi connectivity index (χ3v) is 2.93. The van der Waals surface area contributed by atoms with Gasteiger partial charge >= 0.3 is 0 Å². The highest BCUT2D eigenvalue weighted by Crippen LogP contribution is 2.35. The van der Waals surface area contributed by atoms with E-state index < -0.39 is 6.10 Å². The molecule has 2 rings (SSSR count). The van der Waals surface area contributed by atoms with Crippen LogP contribution in [-0.2, 0) is 4.79 Å². The van der Waals surface area contributed by atoms with Gasteiger partial charge in [0.25, 0.3) is 5.91 Å². The van der Waals surface area contributed by atoms with Crippen LogP contribution < -0.4 is 15.4 Å². The van der Waals surface area contributed by atoms with Crippen LogP contribution in [0.5, 0.6) is 5.75 Å². The molecule has 0 saturated heterocycles. The molecule has 1 amide bonds. The van der Waals surface area contributed by atoms with Gasteiger partial charge in [0.1, 0.15) is 5.75 Å². The van der Waals surface area contributed by atoms with Crippen LogP contribution in [0.25, 0.3) is 0 Å². The molecule has 92 valence electrons. The molecule has 1 atom stereocenters. The van der Waals surface area contributed by atoms with Gasteiger partial charge in [0, 0.05) is 12.2 Å². The number of nitrogens with zero attached hydrogens (tertiary/aromatic N) is 1. The first kappa shape index (κ1) is 11.8. The molecule has 0 aromatic heterocycles. The Labute approximate surface area is 101 Å². The fourth-order valence-electron chi connectivity index (χ4n) is 1.97. The zero-order chi connectivity index (χ0) is 12.4. The molecule has 0 spiro atoms. The van der Waals surface area contributed by atoms with Gasteiger partial charge in [0.15, 0.2) is 6.10 Å². The van der Waals surface area contributed by atoms with Crippen molar-refractivity contribution in [1.29, 1.82) is 0 Å². The van der Waals surface area contributed by atoms with Crippen LogP contribution in [0.3, 0.4) is 0 Å². The van der Waals surface area contributed by atoms with Crippen molar-refractivity contribution in [2.45, 2.75) is 32.8 Å². The average Bonchev–Trinajstić information content (AvgIpc) is 2.31. The van der Waals surface area contributed by atoms with Crippen molar-refractivity contribution >= 4 is 17.3 Å². The summed E-state index contributed by atoms with van der Waals surface area (Å²) in [4.78, 5) is 13.8. The standard InChI is InChI=1S/C13H18N2O2/c1-3-4-7-15-11-8-10(14)5-6-12(11)17-9(2)13(15)16/h5-6,8-9H,3-4,7,14H2,1-2H3. The number of anilines is 2. The van der Waals surface area contributed by atoms with Crippen molar-refractivity contribution in [1.82, 2.24) is 0 Å². The number of nitrogens with two attached hydrogens (primary N) is 1. The summed E-state index contributed by atoms with van der Waals surface area (Å²) >= 11 is 0. The van der Waals surface area contributed by atoms with E-state index >= 15 is 0 Å². The molecule has 1 heterocycles. The highest BCUT2D eigenvalue weighted by molar-refractivity contribution is 6.00. The molecule has 4 heteroatoms. The number of benzene rings is 1. The number of carbonyl (C=O) groups excluding carboxylic acids is 1. The summed E-state index contributed by atoms with van der Waals surface area (Å²) in [5.74, 6) is 0.749. The van der Waals surface area contributed by atoms with E-state index in [1.54, 1.807) is 24.0 Å². The highest BCUT2D eigenvalue weighted by Gasteiger charge is 2.30. The number of amides is 1. The van der Waals surface area contributed by atoms with Crippen LogP contribution in [-0.4, -0.2) is 18.6 Å². The van der Waals surface area contributed by atoms with Crippen LogP contribution in [0.1, 0.15) is 26.7 Å². The number of nitrogen functional groups attached to an aromatic ring is 1. The van der Waals surface area contributed by atoms with E-state index in [1.165, 1.54) is 0 Å². The second-order valence-electron chi connectivity index (χ2n) is 4.33. The third kappa shape index (κ3) is 2.20. The molecular weight excluding hydrogens is 216 g/mol. The van der Waals surface area contributed by atoms with Gasteiger partial charge in [-0.05, 0) is 31.5 Å². The molecule has 17 heavy (non-hydrogen) atoms. The van der Waals surface area contributed by atoms with Crippen LogP contribution in [0.4, 0.5) is 11.4 Å². The SMILES string of the molecule is CCCCN1C(=O)C(C)Oc2ccc(N)cc21. The predicted molar refractivity (Wildman–Crippen MR) is 68.2 cm³/mol. The zero-order valence-corrected chi connectivity index (χ0v) is 10.3. The predicted octanol–water partition coefficient (Wildman–Crippen LogP) is 2.18. The average molecular weight is 234 g/mol. The van der Waals surface area contributed by atoms with Gasteiger partial charge in [-0.3, -0.25) is 4.79 Å². The van der Waals surface area contributed by atoms with E-state index in [-0.39, 0.29) is 5.91 Å². The Hall–Kier alpha value is -1.71. The summed E-state index contributed by atoms with van der Waals surface area (Å²) in [6.07, 6.45) is 1.62. The van der Waals surface area contributed by atoms with Gasteiger partial charge in [0.2, 0.25) is 0 Å². The Bertz CT molecular complexity index is 431. The number of hydrogen-bond donors (Lipinski definition) is 1. The first-order chi connectivity index (χ1) is 8.13. The summed E-state index contributed by atoms with van der Waals surface area (Å²) in [5.41, 5.74) is 7.20. The minimum Gasteiger partial charge on any atom is -0.479 e. The molecule has 0 saturated carbocycles. The number of carbonyl (C=O) groups is 1. The van der Waals surface area contributed by atoms with Gasteiger partial charge < -0.3 is 15.4 Å². The second kappa shape index (κ2) is 4.65. The number of fused-ring (bicyclic) bond motifs is 1. The first-order valence-electron chi connectivity index (χ1n) is 6.01. The lowest BCUT2D eigenvalue weighted by Gasteiger charge is -2.33. The zero-order valence-electron chi connectivity index (χ0n) is 10.3. The molecule has 1 aliphatic heterocycles. The number of rotatable bonds is 3. The van der Waals surface area contributed by atoms with E-state index in [4.69, 9.17) is 10.5 Å². The molecular formula is C13H18N2O2. The van der Waals surface area contributed by atoms with E-state index in [0.717, 1.165) is 30.8 Å². The quantitative estimate of drug-likeness (QED) is 0.815. The van der Waals surface area contributed by atoms with E-state index in [2.05, 4.69) is 6.92 Å². The van der Waals surface area contributed by atoms with Crippen molar-refractivity contribution in [2.75, 3.05) is 17.2 Å². The van der Waals surface area contributed by atoms with Gasteiger partial charge in [0.05, 0.1) is 5.69 Å². The fraction of sp³-hybridized carbons (Fsp3) is 0.462. The Balaban J connectivity index is 2.36. The maximum Gasteiger partial charge on any atom is 0.267 e. The molecule has 0 aliphatic carbocycles. The number of unbranched alkanes of at least 4 members (excludes halogenated alkanes) is 1. The number of ether oxygens (including phenoxy) is 1. The van der Waals surface area contributed by atoms with Gasteiger partial charge in [-0.1, -0.05) is 13.3 Å². The summed E-state index contributed by atoms with van der Waals surface area (Å²) < 4.78 is 5.56. The maximum absolute atomic E-state index is 12.1. The monoisotopic (exact) mass is 234 g/mol. The van der Waals surface area contributed by atoms with Gasteiger partial charge in [-0.2, -0.15) is 0 Å². The van der Waals surface area contributed by atoms with Crippen molar-refractivity contribution in [2.24, 2.45) is 0 Å².